The largest absolute Gasteiger partial charge is 0.379 e. The fraction of sp³-hybridized carbons (Fsp3) is 0.533. The predicted octanol–water partition coefficient (Wildman–Crippen LogP) is -0.721. The molecule has 1 aromatic rings. The molecule has 1 saturated heterocycles. The summed E-state index contributed by atoms with van der Waals surface area (Å²) >= 11 is 0. The lowest BCUT2D eigenvalue weighted by Gasteiger charge is -2.21. The Kier molecular flexibility index (Phi) is 6.08. The average Bonchev–Trinajstić information content (AvgIpc) is 2.92. The first-order valence-electron chi connectivity index (χ1n) is 7.84. The van der Waals surface area contributed by atoms with Gasteiger partial charge in [-0.15, -0.1) is 0 Å². The van der Waals surface area contributed by atoms with Gasteiger partial charge in [-0.25, -0.2) is 26.3 Å². The van der Waals surface area contributed by atoms with E-state index in [1.165, 1.54) is 32.3 Å². The molecule has 9 nitrogen and oxygen atoms in total. The summed E-state index contributed by atoms with van der Waals surface area (Å²) in [5, 5.41) is 7.85. The van der Waals surface area contributed by atoms with E-state index in [0.717, 1.165) is 4.31 Å². The second kappa shape index (κ2) is 7.61. The molecule has 26 heavy (non-hydrogen) atoms. The van der Waals surface area contributed by atoms with Gasteiger partial charge < -0.3 is 10.1 Å². The van der Waals surface area contributed by atoms with E-state index in [2.05, 4.69) is 5.32 Å². The number of nitrogens with zero attached hydrogens (tertiary/aromatic N) is 1. The van der Waals surface area contributed by atoms with Crippen molar-refractivity contribution < 1.29 is 26.4 Å². The predicted molar refractivity (Wildman–Crippen MR) is 95.6 cm³/mol. The zero-order valence-electron chi connectivity index (χ0n) is 14.8. The molecule has 146 valence electrons. The van der Waals surface area contributed by atoms with E-state index in [4.69, 9.17) is 9.88 Å². The molecule has 0 unspecified atom stereocenters. The highest BCUT2D eigenvalue weighted by Crippen LogP contribution is 2.19. The van der Waals surface area contributed by atoms with Crippen molar-refractivity contribution in [2.24, 2.45) is 11.1 Å². The number of nitrogens with two attached hydrogens (primary N) is 1. The fourth-order valence-electron chi connectivity index (χ4n) is 2.61. The number of hydrogen-bond acceptors (Lipinski definition) is 6. The Morgan fingerprint density at radius 1 is 1.27 bits per heavy atom. The summed E-state index contributed by atoms with van der Waals surface area (Å²) in [5.74, 6) is -1.05. The quantitative estimate of drug-likeness (QED) is 0.641. The smallest absolute Gasteiger partial charge is 0.251 e. The van der Waals surface area contributed by atoms with Gasteiger partial charge in [-0.1, -0.05) is 6.07 Å². The Morgan fingerprint density at radius 3 is 2.50 bits per heavy atom. The van der Waals surface area contributed by atoms with Crippen LogP contribution in [-0.2, 0) is 24.8 Å². The van der Waals surface area contributed by atoms with Crippen LogP contribution >= 0.6 is 0 Å². The zero-order valence-corrected chi connectivity index (χ0v) is 16.4. The molecular formula is C15H23N3O6S2. The molecule has 2 rings (SSSR count). The minimum Gasteiger partial charge on any atom is -0.379 e. The molecule has 0 aromatic heterocycles. The molecule has 1 fully saturated rings. The van der Waals surface area contributed by atoms with Crippen LogP contribution in [0.25, 0.3) is 0 Å². The van der Waals surface area contributed by atoms with Crippen molar-refractivity contribution in [2.75, 3.05) is 33.1 Å². The second-order valence-corrected chi connectivity index (χ2v) is 10.2. The van der Waals surface area contributed by atoms with Crippen LogP contribution in [0.3, 0.4) is 0 Å². The van der Waals surface area contributed by atoms with Crippen LogP contribution in [0.4, 0.5) is 0 Å². The third-order valence-electron chi connectivity index (χ3n) is 4.28. The van der Waals surface area contributed by atoms with Crippen LogP contribution in [0.5, 0.6) is 0 Å². The Balaban J connectivity index is 2.19. The first kappa shape index (κ1) is 20.8. The van der Waals surface area contributed by atoms with Gasteiger partial charge in [0.15, 0.2) is 0 Å². The average molecular weight is 405 g/mol. The summed E-state index contributed by atoms with van der Waals surface area (Å²) in [7, 11) is -4.49. The number of carbonyl (C=O) groups excluding carboxylic acids is 1. The van der Waals surface area contributed by atoms with Crippen molar-refractivity contribution in [1.82, 2.24) is 9.62 Å². The number of carbonyl (C=O) groups is 1. The monoisotopic (exact) mass is 405 g/mol. The third-order valence-corrected chi connectivity index (χ3v) is 7.15. The number of amides is 1. The lowest BCUT2D eigenvalue weighted by atomic mass is 10.0. The van der Waals surface area contributed by atoms with Gasteiger partial charge >= 0.3 is 0 Å². The van der Waals surface area contributed by atoms with Gasteiger partial charge in [-0.05, 0) is 24.6 Å². The molecule has 1 aromatic carbocycles. The zero-order chi connectivity index (χ0) is 19.7. The van der Waals surface area contributed by atoms with E-state index in [1.807, 2.05) is 0 Å². The van der Waals surface area contributed by atoms with Gasteiger partial charge in [0.2, 0.25) is 20.0 Å². The number of rotatable bonds is 6. The van der Waals surface area contributed by atoms with Crippen molar-refractivity contribution in [2.45, 2.75) is 17.9 Å². The highest BCUT2D eigenvalue weighted by atomic mass is 32.2. The summed E-state index contributed by atoms with van der Waals surface area (Å²) < 4.78 is 53.6. The van der Waals surface area contributed by atoms with Crippen molar-refractivity contribution >= 4 is 26.0 Å². The van der Waals surface area contributed by atoms with E-state index in [-0.39, 0.29) is 29.4 Å². The van der Waals surface area contributed by atoms with Gasteiger partial charge in [0, 0.05) is 25.6 Å². The van der Waals surface area contributed by atoms with Crippen LogP contribution in [0.1, 0.15) is 15.9 Å². The molecule has 3 N–H and O–H groups in total. The summed E-state index contributed by atoms with van der Waals surface area (Å²) in [4.78, 5) is 12.4. The Hall–Kier alpha value is -1.53. The van der Waals surface area contributed by atoms with Gasteiger partial charge in [-0.2, -0.15) is 0 Å². The Bertz CT molecular complexity index is 896. The van der Waals surface area contributed by atoms with Gasteiger partial charge in [0.1, 0.15) is 0 Å². The van der Waals surface area contributed by atoms with Gasteiger partial charge in [0.25, 0.3) is 5.91 Å². The lowest BCUT2D eigenvalue weighted by molar-refractivity contribution is 0.0925. The van der Waals surface area contributed by atoms with Gasteiger partial charge in [-0.3, -0.25) is 4.79 Å². The molecular weight excluding hydrogens is 382 g/mol. The van der Waals surface area contributed by atoms with E-state index in [0.29, 0.717) is 5.56 Å². The topological polar surface area (TPSA) is 136 Å². The number of nitrogens with one attached hydrogen (secondary N) is 1. The van der Waals surface area contributed by atoms with Crippen molar-refractivity contribution in [3.63, 3.8) is 0 Å². The summed E-state index contributed by atoms with van der Waals surface area (Å²) in [6.07, 6.45) is 0. The molecule has 1 aliphatic heterocycles. The van der Waals surface area contributed by atoms with Crippen LogP contribution in [0.2, 0.25) is 0 Å². The number of primary sulfonamides is 1. The minimum absolute atomic E-state index is 0.152. The molecule has 1 aliphatic rings. The SMILES string of the molecule is Cc1ccc(S(N)(=O)=O)cc1C(=O)N[C@@H]1COC[C@H]1CS(=O)(=O)N(C)C. The normalized spacial score (nSPS) is 21.1. The maximum absolute atomic E-state index is 12.6. The Labute approximate surface area is 153 Å². The number of aryl methyl sites for hydroxylation is 1. The van der Waals surface area contributed by atoms with Crippen molar-refractivity contribution in [3.8, 4) is 0 Å². The highest BCUT2D eigenvalue weighted by Gasteiger charge is 2.34. The fourth-order valence-corrected chi connectivity index (χ4v) is 4.32. The highest BCUT2D eigenvalue weighted by molar-refractivity contribution is 7.89. The van der Waals surface area contributed by atoms with Crippen LogP contribution < -0.4 is 10.5 Å². The molecule has 0 spiro atoms. The number of sulfonamides is 2. The minimum atomic E-state index is -3.94. The summed E-state index contributed by atoms with van der Waals surface area (Å²) in [6, 6.07) is 3.54. The maximum Gasteiger partial charge on any atom is 0.251 e. The molecule has 0 saturated carbocycles. The molecule has 1 heterocycles. The number of hydrogen-bond donors (Lipinski definition) is 2. The standard InChI is InChI=1S/C15H23N3O6S2/c1-10-4-5-12(26(16,22)23)6-13(10)15(19)17-14-8-24-7-11(14)9-25(20,21)18(2)3/h4-6,11,14H,7-9H2,1-3H3,(H,17,19)(H2,16,22,23)/t11-,14+/m0/s1. The van der Waals surface area contributed by atoms with E-state index >= 15 is 0 Å². The Morgan fingerprint density at radius 2 is 1.92 bits per heavy atom. The first-order valence-corrected chi connectivity index (χ1v) is 11.0. The van der Waals surface area contributed by atoms with Crippen LogP contribution in [-0.4, -0.2) is 66.2 Å². The van der Waals surface area contributed by atoms with Crippen molar-refractivity contribution in [1.29, 1.82) is 0 Å². The lowest BCUT2D eigenvalue weighted by Crippen LogP contribution is -2.43. The van der Waals surface area contributed by atoms with E-state index in [9.17, 15) is 21.6 Å². The number of ether oxygens (including phenoxy) is 1. The molecule has 0 aliphatic carbocycles. The van der Waals surface area contributed by atoms with E-state index < -0.39 is 37.9 Å². The number of benzene rings is 1. The van der Waals surface area contributed by atoms with Crippen molar-refractivity contribution in [3.05, 3.63) is 29.3 Å². The molecule has 11 heteroatoms. The molecule has 0 radical (unpaired) electrons. The molecule has 1 amide bonds. The molecule has 2 atom stereocenters. The first-order chi connectivity index (χ1) is 11.9. The van der Waals surface area contributed by atoms with Gasteiger partial charge in [0.05, 0.1) is 29.9 Å². The van der Waals surface area contributed by atoms with Crippen LogP contribution in [0.15, 0.2) is 23.1 Å². The second-order valence-electron chi connectivity index (χ2n) is 6.46. The molecule has 0 bridgehead atoms. The van der Waals surface area contributed by atoms with Crippen LogP contribution in [0, 0.1) is 12.8 Å². The summed E-state index contributed by atoms with van der Waals surface area (Å²) in [5.41, 5.74) is 0.740. The third kappa shape index (κ3) is 4.80. The van der Waals surface area contributed by atoms with E-state index in [1.54, 1.807) is 6.92 Å². The maximum atomic E-state index is 12.6. The summed E-state index contributed by atoms with van der Waals surface area (Å²) in [6.45, 7) is 2.07.